The van der Waals surface area contributed by atoms with Crippen molar-refractivity contribution in [3.8, 4) is 0 Å². The molecule has 3 rings (SSSR count). The maximum absolute atomic E-state index is 12.4. The molecule has 0 bridgehead atoms. The summed E-state index contributed by atoms with van der Waals surface area (Å²) in [5.74, 6) is 0.612. The number of pyridine rings is 1. The monoisotopic (exact) mass is 287 g/mol. The quantitative estimate of drug-likeness (QED) is 0.804. The van der Waals surface area contributed by atoms with Crippen LogP contribution in [-0.4, -0.2) is 22.8 Å². The predicted octanol–water partition coefficient (Wildman–Crippen LogP) is 2.74. The summed E-state index contributed by atoms with van der Waals surface area (Å²) in [6.07, 6.45) is 3.26. The van der Waals surface area contributed by atoms with Crippen molar-refractivity contribution in [2.75, 3.05) is 12.8 Å². The van der Waals surface area contributed by atoms with E-state index in [0.717, 1.165) is 10.5 Å². The van der Waals surface area contributed by atoms with Crippen LogP contribution in [0.3, 0.4) is 0 Å². The number of hydrogen-bond donors (Lipinski definition) is 1. The van der Waals surface area contributed by atoms with Gasteiger partial charge in [0.2, 0.25) is 0 Å². The highest BCUT2D eigenvalue weighted by atomic mass is 32.1. The second kappa shape index (κ2) is 4.97. The Morgan fingerprint density at radius 1 is 1.45 bits per heavy atom. The third-order valence-electron chi connectivity index (χ3n) is 3.00. The van der Waals surface area contributed by atoms with Gasteiger partial charge in [-0.2, -0.15) is 0 Å². The molecule has 3 heterocycles. The van der Waals surface area contributed by atoms with Crippen LogP contribution in [0.15, 0.2) is 41.1 Å². The van der Waals surface area contributed by atoms with Gasteiger partial charge < -0.3 is 15.1 Å². The zero-order chi connectivity index (χ0) is 14.1. The number of amides is 1. The predicted molar refractivity (Wildman–Crippen MR) is 78.5 cm³/mol. The molecular weight excluding hydrogens is 274 g/mol. The number of nitrogens with two attached hydrogens (primary N) is 1. The van der Waals surface area contributed by atoms with E-state index in [-0.39, 0.29) is 5.91 Å². The van der Waals surface area contributed by atoms with Gasteiger partial charge in [0.25, 0.3) is 5.91 Å². The first-order valence-electron chi connectivity index (χ1n) is 6.07. The van der Waals surface area contributed by atoms with Gasteiger partial charge in [0, 0.05) is 13.2 Å². The molecule has 0 saturated heterocycles. The van der Waals surface area contributed by atoms with E-state index in [1.807, 2.05) is 18.2 Å². The molecule has 0 fully saturated rings. The van der Waals surface area contributed by atoms with Gasteiger partial charge >= 0.3 is 0 Å². The largest absolute Gasteiger partial charge is 0.467 e. The number of anilines is 1. The van der Waals surface area contributed by atoms with Crippen molar-refractivity contribution >= 4 is 33.1 Å². The highest BCUT2D eigenvalue weighted by Gasteiger charge is 2.20. The lowest BCUT2D eigenvalue weighted by molar-refractivity contribution is 0.0781. The van der Waals surface area contributed by atoms with E-state index in [4.69, 9.17) is 10.2 Å². The van der Waals surface area contributed by atoms with Crippen molar-refractivity contribution in [3.63, 3.8) is 0 Å². The lowest BCUT2D eigenvalue weighted by Gasteiger charge is -2.14. The lowest BCUT2D eigenvalue weighted by Crippen LogP contribution is -2.25. The highest BCUT2D eigenvalue weighted by Crippen LogP contribution is 2.32. The van der Waals surface area contributed by atoms with E-state index in [9.17, 15) is 4.79 Å². The Morgan fingerprint density at radius 3 is 3.00 bits per heavy atom. The Labute approximate surface area is 119 Å². The summed E-state index contributed by atoms with van der Waals surface area (Å²) in [6, 6.07) is 7.37. The van der Waals surface area contributed by atoms with Crippen LogP contribution < -0.4 is 5.73 Å². The normalized spacial score (nSPS) is 10.8. The van der Waals surface area contributed by atoms with Crippen LogP contribution in [0.5, 0.6) is 0 Å². The number of carbonyl (C=O) groups excluding carboxylic acids is 1. The fourth-order valence-corrected chi connectivity index (χ4v) is 3.06. The molecule has 0 saturated carbocycles. The van der Waals surface area contributed by atoms with Crippen LogP contribution in [0.25, 0.3) is 10.2 Å². The molecule has 0 aromatic carbocycles. The van der Waals surface area contributed by atoms with Crippen LogP contribution in [0.4, 0.5) is 5.69 Å². The summed E-state index contributed by atoms with van der Waals surface area (Å²) in [7, 11) is 1.72. The molecule has 5 nitrogen and oxygen atoms in total. The topological polar surface area (TPSA) is 72.4 Å². The summed E-state index contributed by atoms with van der Waals surface area (Å²) in [5, 5.41) is 0. The van der Waals surface area contributed by atoms with Gasteiger partial charge in [-0.05, 0) is 24.3 Å². The average molecular weight is 287 g/mol. The molecular formula is C14H13N3O2S. The molecule has 0 aliphatic rings. The van der Waals surface area contributed by atoms with E-state index in [2.05, 4.69) is 4.98 Å². The summed E-state index contributed by atoms with van der Waals surface area (Å²) in [5.41, 5.74) is 7.16. The smallest absolute Gasteiger partial charge is 0.266 e. The number of nitrogens with zero attached hydrogens (tertiary/aromatic N) is 2. The first kappa shape index (κ1) is 12.7. The van der Waals surface area contributed by atoms with E-state index in [1.54, 1.807) is 30.5 Å². The number of rotatable bonds is 3. The second-order valence-corrected chi connectivity index (χ2v) is 5.49. The minimum Gasteiger partial charge on any atom is -0.467 e. The van der Waals surface area contributed by atoms with Gasteiger partial charge in [0.1, 0.15) is 16.2 Å². The van der Waals surface area contributed by atoms with Crippen LogP contribution in [0.2, 0.25) is 0 Å². The first-order chi connectivity index (χ1) is 9.66. The van der Waals surface area contributed by atoms with E-state index in [1.165, 1.54) is 11.3 Å². The third kappa shape index (κ3) is 2.14. The molecule has 0 aliphatic carbocycles. The maximum Gasteiger partial charge on any atom is 0.266 e. The highest BCUT2D eigenvalue weighted by molar-refractivity contribution is 7.21. The Kier molecular flexibility index (Phi) is 3.15. The van der Waals surface area contributed by atoms with Gasteiger partial charge in [-0.3, -0.25) is 9.78 Å². The van der Waals surface area contributed by atoms with Gasteiger partial charge in [-0.25, -0.2) is 0 Å². The van der Waals surface area contributed by atoms with E-state index in [0.29, 0.717) is 22.6 Å². The second-order valence-electron chi connectivity index (χ2n) is 4.44. The molecule has 2 N–H and O–H groups in total. The number of aromatic nitrogens is 1. The minimum absolute atomic E-state index is 0.123. The summed E-state index contributed by atoms with van der Waals surface area (Å²) in [6.45, 7) is 0.410. The van der Waals surface area contributed by atoms with Crippen LogP contribution in [-0.2, 0) is 6.54 Å². The first-order valence-corrected chi connectivity index (χ1v) is 6.89. The number of nitrogen functional groups attached to an aromatic ring is 1. The number of hydrogen-bond acceptors (Lipinski definition) is 5. The number of carbonyl (C=O) groups is 1. The molecule has 0 unspecified atom stereocenters. The van der Waals surface area contributed by atoms with Gasteiger partial charge in [0.15, 0.2) is 0 Å². The van der Waals surface area contributed by atoms with E-state index < -0.39 is 0 Å². The molecule has 20 heavy (non-hydrogen) atoms. The van der Waals surface area contributed by atoms with Crippen molar-refractivity contribution in [1.29, 1.82) is 0 Å². The number of fused-ring (bicyclic) bond motifs is 1. The summed E-state index contributed by atoms with van der Waals surface area (Å²) < 4.78 is 6.16. The van der Waals surface area contributed by atoms with Crippen LogP contribution in [0.1, 0.15) is 15.4 Å². The van der Waals surface area contributed by atoms with Crippen LogP contribution >= 0.6 is 11.3 Å². The average Bonchev–Trinajstić information content (AvgIpc) is 3.07. The Balaban J connectivity index is 1.90. The van der Waals surface area contributed by atoms with Gasteiger partial charge in [-0.1, -0.05) is 0 Å². The number of furan rings is 1. The molecule has 0 aliphatic heterocycles. The van der Waals surface area contributed by atoms with Crippen molar-refractivity contribution in [2.45, 2.75) is 6.54 Å². The molecule has 6 heteroatoms. The molecule has 0 radical (unpaired) electrons. The Hall–Kier alpha value is -2.34. The van der Waals surface area contributed by atoms with Gasteiger partial charge in [0.05, 0.1) is 23.2 Å². The van der Waals surface area contributed by atoms with Crippen LogP contribution in [0, 0.1) is 0 Å². The standard InChI is InChI=1S/C14H13N3O2S/c1-17(8-9-4-3-7-19-9)14(18)13-11(15)12-10(20-13)5-2-6-16-12/h2-7H,8,15H2,1H3. The summed E-state index contributed by atoms with van der Waals surface area (Å²) in [4.78, 5) is 18.8. The van der Waals surface area contributed by atoms with Crippen molar-refractivity contribution < 1.29 is 9.21 Å². The molecule has 3 aromatic rings. The minimum atomic E-state index is -0.123. The zero-order valence-corrected chi connectivity index (χ0v) is 11.7. The van der Waals surface area contributed by atoms with Gasteiger partial charge in [-0.15, -0.1) is 11.3 Å². The fourth-order valence-electron chi connectivity index (χ4n) is 1.99. The molecule has 3 aromatic heterocycles. The lowest BCUT2D eigenvalue weighted by atomic mass is 10.3. The Morgan fingerprint density at radius 2 is 2.30 bits per heavy atom. The molecule has 0 atom stereocenters. The number of thiophene rings is 1. The maximum atomic E-state index is 12.4. The van der Waals surface area contributed by atoms with Crippen molar-refractivity contribution in [3.05, 3.63) is 47.4 Å². The molecule has 1 amide bonds. The van der Waals surface area contributed by atoms with Crippen molar-refractivity contribution in [2.24, 2.45) is 0 Å². The summed E-state index contributed by atoms with van der Waals surface area (Å²) >= 11 is 1.36. The SMILES string of the molecule is CN(Cc1ccco1)C(=O)c1sc2cccnc2c1N. The molecule has 0 spiro atoms. The third-order valence-corrected chi connectivity index (χ3v) is 4.14. The van der Waals surface area contributed by atoms with E-state index >= 15 is 0 Å². The molecule has 102 valence electrons. The fraction of sp³-hybridized carbons (Fsp3) is 0.143. The Bertz CT molecular complexity index is 749. The zero-order valence-electron chi connectivity index (χ0n) is 10.9. The van der Waals surface area contributed by atoms with Crippen molar-refractivity contribution in [1.82, 2.24) is 9.88 Å².